The van der Waals surface area contributed by atoms with Crippen LogP contribution >= 0.6 is 35.6 Å². The van der Waals surface area contributed by atoms with Gasteiger partial charge in [-0.1, -0.05) is 43.6 Å². The summed E-state index contributed by atoms with van der Waals surface area (Å²) in [6.45, 7) is 6.69. The van der Waals surface area contributed by atoms with E-state index in [0.717, 1.165) is 23.7 Å². The first kappa shape index (κ1) is 24.5. The first-order valence-electron chi connectivity index (χ1n) is 9.06. The van der Waals surface area contributed by atoms with Gasteiger partial charge in [0.2, 0.25) is 0 Å². The molecule has 2 unspecified atom stereocenters. The number of nitrogens with one attached hydrogen (secondary N) is 2. The van der Waals surface area contributed by atoms with Crippen molar-refractivity contribution in [1.29, 1.82) is 0 Å². The topological polar surface area (TPSA) is 73.8 Å². The third kappa shape index (κ3) is 7.07. The molecule has 0 aromatic heterocycles. The first-order valence-corrected chi connectivity index (χ1v) is 11.3. The molecule has 1 aromatic rings. The van der Waals surface area contributed by atoms with Crippen LogP contribution in [0, 0.1) is 0 Å². The van der Waals surface area contributed by atoms with Crippen molar-refractivity contribution < 1.29 is 8.42 Å². The minimum atomic E-state index is -2.92. The quantitative estimate of drug-likeness (QED) is 0.323. The van der Waals surface area contributed by atoms with Crippen molar-refractivity contribution in [2.45, 2.75) is 32.4 Å². The molecule has 6 nitrogen and oxygen atoms in total. The van der Waals surface area contributed by atoms with Gasteiger partial charge >= 0.3 is 0 Å². The molecule has 1 fully saturated rings. The summed E-state index contributed by atoms with van der Waals surface area (Å²) in [5, 5.41) is 7.31. The molecular formula is C18H30ClIN4O2S. The fraction of sp³-hybridized carbons (Fsp3) is 0.611. The molecule has 1 aromatic carbocycles. The lowest BCUT2D eigenvalue weighted by Crippen LogP contribution is -2.47. The fourth-order valence-electron chi connectivity index (χ4n) is 3.34. The molecule has 1 saturated heterocycles. The number of guanidine groups is 1. The van der Waals surface area contributed by atoms with E-state index in [1.807, 2.05) is 24.3 Å². The van der Waals surface area contributed by atoms with Crippen LogP contribution in [0.3, 0.4) is 0 Å². The van der Waals surface area contributed by atoms with E-state index >= 15 is 0 Å². The van der Waals surface area contributed by atoms with E-state index in [0.29, 0.717) is 18.9 Å². The Morgan fingerprint density at radius 2 is 2.00 bits per heavy atom. The predicted octanol–water partition coefficient (Wildman–Crippen LogP) is 2.69. The molecule has 9 heteroatoms. The number of nitrogens with zero attached hydrogens (tertiary/aromatic N) is 2. The van der Waals surface area contributed by atoms with Gasteiger partial charge in [0, 0.05) is 24.7 Å². The third-order valence-electron chi connectivity index (χ3n) is 4.78. The van der Waals surface area contributed by atoms with Gasteiger partial charge in [-0.3, -0.25) is 9.89 Å². The first-order chi connectivity index (χ1) is 12.4. The monoisotopic (exact) mass is 528 g/mol. The van der Waals surface area contributed by atoms with Crippen LogP contribution in [0.25, 0.3) is 0 Å². The van der Waals surface area contributed by atoms with E-state index in [4.69, 9.17) is 11.6 Å². The lowest BCUT2D eigenvalue weighted by Gasteiger charge is -2.31. The molecule has 27 heavy (non-hydrogen) atoms. The molecule has 0 bridgehead atoms. The summed E-state index contributed by atoms with van der Waals surface area (Å²) in [6, 6.07) is 7.90. The molecule has 2 N–H and O–H groups in total. The summed E-state index contributed by atoms with van der Waals surface area (Å²) < 4.78 is 23.3. The Morgan fingerprint density at radius 3 is 2.52 bits per heavy atom. The lowest BCUT2D eigenvalue weighted by atomic mass is 10.0. The van der Waals surface area contributed by atoms with Crippen LogP contribution in [0.1, 0.15) is 31.9 Å². The summed E-state index contributed by atoms with van der Waals surface area (Å²) in [4.78, 5) is 6.58. The molecular weight excluding hydrogens is 499 g/mol. The number of sulfone groups is 1. The van der Waals surface area contributed by atoms with E-state index in [2.05, 4.69) is 34.4 Å². The van der Waals surface area contributed by atoms with Crippen LogP contribution in [0.15, 0.2) is 29.3 Å². The molecule has 0 aliphatic carbocycles. The average Bonchev–Trinajstić information content (AvgIpc) is 2.96. The van der Waals surface area contributed by atoms with Gasteiger partial charge in [0.05, 0.1) is 17.5 Å². The zero-order chi connectivity index (χ0) is 19.2. The Hall–Kier alpha value is -0.580. The van der Waals surface area contributed by atoms with Gasteiger partial charge in [0.25, 0.3) is 0 Å². The van der Waals surface area contributed by atoms with Crippen molar-refractivity contribution in [3.63, 3.8) is 0 Å². The maximum atomic E-state index is 11.6. The molecule has 2 rings (SSSR count). The van der Waals surface area contributed by atoms with Gasteiger partial charge < -0.3 is 10.6 Å². The van der Waals surface area contributed by atoms with Crippen molar-refractivity contribution in [1.82, 2.24) is 15.5 Å². The Kier molecular flexibility index (Phi) is 10.4. The highest BCUT2D eigenvalue weighted by Crippen LogP contribution is 2.27. The summed E-state index contributed by atoms with van der Waals surface area (Å²) >= 11 is 6.43. The summed E-state index contributed by atoms with van der Waals surface area (Å²) in [5.74, 6) is 1.03. The third-order valence-corrected chi connectivity index (χ3v) is 6.89. The largest absolute Gasteiger partial charge is 0.354 e. The van der Waals surface area contributed by atoms with Crippen LogP contribution in [-0.2, 0) is 9.84 Å². The van der Waals surface area contributed by atoms with Crippen LogP contribution < -0.4 is 10.6 Å². The molecule has 0 radical (unpaired) electrons. The van der Waals surface area contributed by atoms with Crippen molar-refractivity contribution in [2.24, 2.45) is 4.99 Å². The number of aliphatic imine (C=N–C) groups is 1. The number of rotatable bonds is 7. The normalized spacial score (nSPS) is 20.2. The van der Waals surface area contributed by atoms with Crippen LogP contribution in [0.5, 0.6) is 0 Å². The summed E-state index contributed by atoms with van der Waals surface area (Å²) in [5.41, 5.74) is 1.07. The van der Waals surface area contributed by atoms with Gasteiger partial charge in [-0.05, 0) is 31.1 Å². The van der Waals surface area contributed by atoms with Gasteiger partial charge in [0.15, 0.2) is 15.8 Å². The van der Waals surface area contributed by atoms with Gasteiger partial charge in [0.1, 0.15) is 0 Å². The van der Waals surface area contributed by atoms with Crippen LogP contribution in [0.2, 0.25) is 5.02 Å². The van der Waals surface area contributed by atoms with Crippen molar-refractivity contribution in [2.75, 3.05) is 38.2 Å². The molecule has 0 saturated carbocycles. The number of hydrogen-bond donors (Lipinski definition) is 2. The van der Waals surface area contributed by atoms with Gasteiger partial charge in [-0.2, -0.15) is 0 Å². The van der Waals surface area contributed by atoms with E-state index in [1.54, 1.807) is 7.05 Å². The number of halogens is 2. The second-order valence-electron chi connectivity index (χ2n) is 6.46. The number of likely N-dealkylation sites (N-methyl/N-ethyl adjacent to an activating group) is 1. The van der Waals surface area contributed by atoms with Gasteiger partial charge in [-0.25, -0.2) is 8.42 Å². The molecule has 0 spiro atoms. The van der Waals surface area contributed by atoms with Crippen molar-refractivity contribution in [3.8, 4) is 0 Å². The lowest BCUT2D eigenvalue weighted by molar-refractivity contribution is 0.219. The Balaban J connectivity index is 0.00000364. The fourth-order valence-corrected chi connectivity index (χ4v) is 5.27. The predicted molar refractivity (Wildman–Crippen MR) is 124 cm³/mol. The minimum absolute atomic E-state index is 0. The SMILES string of the molecule is CCN(CC)C(CNC(=NC)NC1CCS(=O)(=O)C1)c1ccccc1Cl.I. The molecule has 1 heterocycles. The number of benzene rings is 1. The average molecular weight is 529 g/mol. The second-order valence-corrected chi connectivity index (χ2v) is 9.09. The molecule has 1 aliphatic heterocycles. The Morgan fingerprint density at radius 1 is 1.33 bits per heavy atom. The molecule has 0 amide bonds. The number of hydrogen-bond acceptors (Lipinski definition) is 4. The van der Waals surface area contributed by atoms with Crippen LogP contribution in [-0.4, -0.2) is 63.5 Å². The Bertz CT molecular complexity index is 726. The molecule has 154 valence electrons. The zero-order valence-corrected chi connectivity index (χ0v) is 20.0. The summed E-state index contributed by atoms with van der Waals surface area (Å²) in [7, 11) is -1.23. The minimum Gasteiger partial charge on any atom is -0.354 e. The Labute approximate surface area is 185 Å². The summed E-state index contributed by atoms with van der Waals surface area (Å²) in [6.07, 6.45) is 0.618. The highest BCUT2D eigenvalue weighted by Gasteiger charge is 2.28. The zero-order valence-electron chi connectivity index (χ0n) is 16.1. The van der Waals surface area contributed by atoms with Crippen LogP contribution in [0.4, 0.5) is 0 Å². The molecule has 2 atom stereocenters. The second kappa shape index (κ2) is 11.4. The van der Waals surface area contributed by atoms with E-state index < -0.39 is 9.84 Å². The van der Waals surface area contributed by atoms with Crippen molar-refractivity contribution >= 4 is 51.4 Å². The maximum absolute atomic E-state index is 11.6. The van der Waals surface area contributed by atoms with E-state index in [1.165, 1.54) is 0 Å². The van der Waals surface area contributed by atoms with E-state index in [9.17, 15) is 8.42 Å². The maximum Gasteiger partial charge on any atom is 0.191 e. The molecule has 1 aliphatic rings. The highest BCUT2D eigenvalue weighted by atomic mass is 127. The smallest absolute Gasteiger partial charge is 0.191 e. The highest BCUT2D eigenvalue weighted by molar-refractivity contribution is 14.0. The van der Waals surface area contributed by atoms with Crippen molar-refractivity contribution in [3.05, 3.63) is 34.9 Å². The standard InChI is InChI=1S/C18H29ClN4O2S.HI/c1-4-23(5-2)17(15-8-6-7-9-16(15)19)12-21-18(20-3)22-14-10-11-26(24,25)13-14;/h6-9,14,17H,4-5,10-13H2,1-3H3,(H2,20,21,22);1H. The van der Waals surface area contributed by atoms with Gasteiger partial charge in [-0.15, -0.1) is 24.0 Å². The van der Waals surface area contributed by atoms with E-state index in [-0.39, 0.29) is 47.6 Å².